The third kappa shape index (κ3) is 4.44. The Bertz CT molecular complexity index is 373. The first-order chi connectivity index (χ1) is 7.63. The van der Waals surface area contributed by atoms with Gasteiger partial charge in [0.15, 0.2) is 0 Å². The molecule has 0 N–H and O–H groups in total. The van der Waals surface area contributed by atoms with Crippen LogP contribution in [0.15, 0.2) is 18.2 Å². The molecule has 1 rings (SSSR count). The van der Waals surface area contributed by atoms with Crippen molar-refractivity contribution in [2.75, 3.05) is 13.2 Å². The summed E-state index contributed by atoms with van der Waals surface area (Å²) in [4.78, 5) is 10.8. The zero-order chi connectivity index (χ0) is 12.0. The van der Waals surface area contributed by atoms with E-state index in [1.807, 2.05) is 0 Å². The number of benzene rings is 1. The van der Waals surface area contributed by atoms with E-state index in [2.05, 4.69) is 9.47 Å². The van der Waals surface area contributed by atoms with Gasteiger partial charge in [0, 0.05) is 21.1 Å². The lowest BCUT2D eigenvalue weighted by molar-refractivity contribution is -0.111. The van der Waals surface area contributed by atoms with Crippen LogP contribution in [-0.4, -0.2) is 18.5 Å². The molecule has 0 spiro atoms. The van der Waals surface area contributed by atoms with Crippen molar-refractivity contribution >= 4 is 26.3 Å². The molecule has 0 radical (unpaired) electrons. The van der Waals surface area contributed by atoms with Crippen molar-refractivity contribution in [2.24, 2.45) is 0 Å². The molecule has 0 aliphatic carbocycles. The zero-order valence-electron chi connectivity index (χ0n) is 8.41. The second kappa shape index (κ2) is 6.79. The molecule has 1 aromatic rings. The Morgan fingerprint density at radius 2 is 2.19 bits per heavy atom. The van der Waals surface area contributed by atoms with E-state index >= 15 is 0 Å². The van der Waals surface area contributed by atoms with E-state index in [-0.39, 0.29) is 13.0 Å². The van der Waals surface area contributed by atoms with Gasteiger partial charge in [-0.05, 0) is 17.7 Å². The van der Waals surface area contributed by atoms with Gasteiger partial charge < -0.3 is 9.26 Å². The van der Waals surface area contributed by atoms with Gasteiger partial charge in [-0.15, -0.1) is 0 Å². The normalized spacial score (nSPS) is 10.2. The van der Waals surface area contributed by atoms with Crippen LogP contribution in [0.5, 0.6) is 5.75 Å². The molecular formula is C10H11ClFO3P. The molecule has 0 aromatic heterocycles. The van der Waals surface area contributed by atoms with Gasteiger partial charge in [-0.2, -0.15) is 0 Å². The molecule has 1 atom stereocenters. The van der Waals surface area contributed by atoms with Gasteiger partial charge in [0.05, 0.1) is 13.0 Å². The average Bonchev–Trinajstić information content (AvgIpc) is 2.22. The number of carbonyl (C=O) groups is 1. The Labute approximate surface area is 100 Å². The predicted octanol–water partition coefficient (Wildman–Crippen LogP) is 2.32. The molecule has 0 saturated heterocycles. The van der Waals surface area contributed by atoms with Crippen LogP contribution in [0.2, 0.25) is 0 Å². The van der Waals surface area contributed by atoms with Crippen LogP contribution in [0, 0.1) is 5.82 Å². The number of halogens is 2. The van der Waals surface area contributed by atoms with Crippen molar-refractivity contribution < 1.29 is 18.4 Å². The van der Waals surface area contributed by atoms with Crippen LogP contribution in [0.4, 0.5) is 4.39 Å². The standard InChI is InChI=1S/C10H11ClFO3P/c11-10(13)5-7-1-2-8(12)6-9(7)14-3-4-15-16/h1-2,6H,3-5,16H2. The lowest BCUT2D eigenvalue weighted by Gasteiger charge is -2.09. The van der Waals surface area contributed by atoms with Gasteiger partial charge in [-0.25, -0.2) is 4.39 Å². The van der Waals surface area contributed by atoms with Crippen molar-refractivity contribution in [1.29, 1.82) is 0 Å². The largest absolute Gasteiger partial charge is 0.491 e. The molecule has 1 unspecified atom stereocenters. The molecular weight excluding hydrogens is 254 g/mol. The summed E-state index contributed by atoms with van der Waals surface area (Å²) in [6, 6.07) is 3.96. The van der Waals surface area contributed by atoms with E-state index in [4.69, 9.17) is 20.9 Å². The lowest BCUT2D eigenvalue weighted by Crippen LogP contribution is -2.06. The highest BCUT2D eigenvalue weighted by Gasteiger charge is 2.08. The molecule has 1 aromatic carbocycles. The number of hydrogen-bond donors (Lipinski definition) is 0. The predicted molar refractivity (Wildman–Crippen MR) is 62.1 cm³/mol. The molecule has 0 amide bonds. The van der Waals surface area contributed by atoms with Crippen molar-refractivity contribution in [3.8, 4) is 5.75 Å². The Morgan fingerprint density at radius 1 is 1.44 bits per heavy atom. The van der Waals surface area contributed by atoms with Gasteiger partial charge in [0.2, 0.25) is 5.24 Å². The summed E-state index contributed by atoms with van der Waals surface area (Å²) in [5.41, 5.74) is 0.560. The molecule has 0 aliphatic heterocycles. The maximum Gasteiger partial charge on any atom is 0.226 e. The van der Waals surface area contributed by atoms with Crippen molar-refractivity contribution in [2.45, 2.75) is 6.42 Å². The van der Waals surface area contributed by atoms with Crippen LogP contribution in [0.25, 0.3) is 0 Å². The fraction of sp³-hybridized carbons (Fsp3) is 0.300. The Kier molecular flexibility index (Phi) is 5.67. The summed E-state index contributed by atoms with van der Waals surface area (Å²) >= 11 is 5.27. The molecule has 0 fully saturated rings. The Balaban J connectivity index is 2.76. The number of rotatable bonds is 6. The SMILES string of the molecule is O=C(Cl)Cc1ccc(F)cc1OCCOP. The maximum absolute atomic E-state index is 13.0. The first kappa shape index (κ1) is 13.4. The van der Waals surface area contributed by atoms with Gasteiger partial charge in [0.25, 0.3) is 0 Å². The third-order valence-electron chi connectivity index (χ3n) is 1.82. The number of carbonyl (C=O) groups excluding carboxylic acids is 1. The first-order valence-corrected chi connectivity index (χ1v) is 5.39. The minimum absolute atomic E-state index is 0.0128. The summed E-state index contributed by atoms with van der Waals surface area (Å²) in [6.07, 6.45) is 0.0128. The van der Waals surface area contributed by atoms with Gasteiger partial charge in [-0.3, -0.25) is 4.79 Å². The van der Waals surface area contributed by atoms with E-state index < -0.39 is 11.1 Å². The first-order valence-electron chi connectivity index (χ1n) is 4.54. The topological polar surface area (TPSA) is 35.5 Å². The molecule has 16 heavy (non-hydrogen) atoms. The monoisotopic (exact) mass is 264 g/mol. The number of ether oxygens (including phenoxy) is 1. The van der Waals surface area contributed by atoms with Crippen LogP contribution < -0.4 is 4.74 Å². The summed E-state index contributed by atoms with van der Waals surface area (Å²) in [6.45, 7) is 0.631. The van der Waals surface area contributed by atoms with Gasteiger partial charge in [0.1, 0.15) is 18.2 Å². The van der Waals surface area contributed by atoms with Crippen molar-refractivity contribution in [3.63, 3.8) is 0 Å². The fourth-order valence-electron chi connectivity index (χ4n) is 1.16. The van der Waals surface area contributed by atoms with E-state index in [0.717, 1.165) is 0 Å². The van der Waals surface area contributed by atoms with Crippen molar-refractivity contribution in [1.82, 2.24) is 0 Å². The maximum atomic E-state index is 13.0. The minimum Gasteiger partial charge on any atom is -0.491 e. The molecule has 88 valence electrons. The molecule has 0 heterocycles. The van der Waals surface area contributed by atoms with E-state index in [1.165, 1.54) is 18.2 Å². The second-order valence-electron chi connectivity index (χ2n) is 3.00. The zero-order valence-corrected chi connectivity index (χ0v) is 10.3. The third-order valence-corrected chi connectivity index (χ3v) is 2.19. The summed E-state index contributed by atoms with van der Waals surface area (Å²) < 4.78 is 23.0. The van der Waals surface area contributed by atoms with Crippen LogP contribution in [-0.2, 0) is 15.7 Å². The van der Waals surface area contributed by atoms with Crippen LogP contribution in [0.3, 0.4) is 0 Å². The summed E-state index contributed by atoms with van der Waals surface area (Å²) in [5.74, 6) is -0.108. The molecule has 0 saturated carbocycles. The Hall–Kier alpha value is -0.700. The highest BCUT2D eigenvalue weighted by Crippen LogP contribution is 2.21. The van der Waals surface area contributed by atoms with E-state index in [9.17, 15) is 9.18 Å². The van der Waals surface area contributed by atoms with Crippen molar-refractivity contribution in [3.05, 3.63) is 29.6 Å². The highest BCUT2D eigenvalue weighted by molar-refractivity contribution is 7.09. The van der Waals surface area contributed by atoms with Crippen LogP contribution in [0.1, 0.15) is 5.56 Å². The summed E-state index contributed by atoms with van der Waals surface area (Å²) in [7, 11) is 2.09. The minimum atomic E-state index is -0.515. The smallest absolute Gasteiger partial charge is 0.226 e. The average molecular weight is 265 g/mol. The van der Waals surface area contributed by atoms with E-state index in [0.29, 0.717) is 17.9 Å². The molecule has 3 nitrogen and oxygen atoms in total. The molecule has 0 aliphatic rings. The van der Waals surface area contributed by atoms with Gasteiger partial charge in [-0.1, -0.05) is 6.07 Å². The lowest BCUT2D eigenvalue weighted by atomic mass is 10.1. The number of hydrogen-bond acceptors (Lipinski definition) is 3. The Morgan fingerprint density at radius 3 is 2.81 bits per heavy atom. The van der Waals surface area contributed by atoms with Crippen LogP contribution >= 0.6 is 21.1 Å². The van der Waals surface area contributed by atoms with Gasteiger partial charge >= 0.3 is 0 Å². The second-order valence-corrected chi connectivity index (χ2v) is 3.76. The molecule has 0 bridgehead atoms. The highest BCUT2D eigenvalue weighted by atomic mass is 35.5. The fourth-order valence-corrected chi connectivity index (χ4v) is 1.40. The molecule has 6 heteroatoms. The quantitative estimate of drug-likeness (QED) is 0.449. The van der Waals surface area contributed by atoms with E-state index in [1.54, 1.807) is 0 Å². The summed E-state index contributed by atoms with van der Waals surface area (Å²) in [5, 5.41) is -0.515.